The molecule has 0 spiro atoms. The Morgan fingerprint density at radius 1 is 1.11 bits per heavy atom. The van der Waals surface area contributed by atoms with Crippen molar-refractivity contribution < 1.29 is 14.4 Å². The maximum atomic E-state index is 11.6. The van der Waals surface area contributed by atoms with E-state index in [0.29, 0.717) is 11.3 Å². The van der Waals surface area contributed by atoms with E-state index in [2.05, 4.69) is 10.6 Å². The summed E-state index contributed by atoms with van der Waals surface area (Å²) >= 11 is 0. The van der Waals surface area contributed by atoms with Crippen molar-refractivity contribution in [3.05, 3.63) is 29.8 Å². The fourth-order valence-electron chi connectivity index (χ4n) is 1.65. The molecule has 0 unspecified atom stereocenters. The molecule has 19 heavy (non-hydrogen) atoms. The van der Waals surface area contributed by atoms with Gasteiger partial charge in [-0.1, -0.05) is 0 Å². The number of benzene rings is 1. The number of ketones is 1. The minimum Gasteiger partial charge on any atom is -0.353 e. The second-order valence-electron chi connectivity index (χ2n) is 4.70. The number of anilines is 1. The normalized spacial score (nSPS) is 13.7. The minimum atomic E-state index is -0.353. The molecule has 1 aliphatic carbocycles. The molecule has 2 rings (SSSR count). The largest absolute Gasteiger partial charge is 0.353 e. The van der Waals surface area contributed by atoms with E-state index in [4.69, 9.17) is 0 Å². The first-order valence-corrected chi connectivity index (χ1v) is 6.25. The average molecular weight is 260 g/mol. The van der Waals surface area contributed by atoms with Gasteiger partial charge in [0.25, 0.3) is 0 Å². The van der Waals surface area contributed by atoms with E-state index >= 15 is 0 Å². The van der Waals surface area contributed by atoms with E-state index in [9.17, 15) is 14.4 Å². The van der Waals surface area contributed by atoms with Crippen LogP contribution in [0.15, 0.2) is 24.3 Å². The first-order valence-electron chi connectivity index (χ1n) is 6.25. The highest BCUT2D eigenvalue weighted by molar-refractivity contribution is 6.04. The van der Waals surface area contributed by atoms with Crippen molar-refractivity contribution >= 4 is 23.3 Å². The first-order chi connectivity index (χ1) is 9.04. The molecule has 100 valence electrons. The van der Waals surface area contributed by atoms with Crippen molar-refractivity contribution in [3.8, 4) is 0 Å². The van der Waals surface area contributed by atoms with Gasteiger partial charge in [-0.05, 0) is 44.0 Å². The zero-order valence-electron chi connectivity index (χ0n) is 10.7. The van der Waals surface area contributed by atoms with Gasteiger partial charge in [0.05, 0.1) is 0 Å². The Balaban J connectivity index is 1.83. The van der Waals surface area contributed by atoms with Crippen molar-refractivity contribution in [2.75, 3.05) is 5.32 Å². The predicted molar refractivity (Wildman–Crippen MR) is 70.9 cm³/mol. The van der Waals surface area contributed by atoms with E-state index in [0.717, 1.165) is 12.8 Å². The number of Topliss-reactive ketones (excluding diaryl/α,β-unsaturated/α-hetero) is 1. The summed E-state index contributed by atoms with van der Waals surface area (Å²) < 4.78 is 0. The predicted octanol–water partition coefficient (Wildman–Crippen LogP) is 1.50. The van der Waals surface area contributed by atoms with Crippen molar-refractivity contribution in [3.63, 3.8) is 0 Å². The summed E-state index contributed by atoms with van der Waals surface area (Å²) in [7, 11) is 0. The molecular formula is C14H16N2O3. The van der Waals surface area contributed by atoms with Crippen molar-refractivity contribution in [2.45, 2.75) is 32.2 Å². The van der Waals surface area contributed by atoms with E-state index in [-0.39, 0.29) is 30.1 Å². The van der Waals surface area contributed by atoms with Gasteiger partial charge >= 0.3 is 0 Å². The summed E-state index contributed by atoms with van der Waals surface area (Å²) in [6.45, 7) is 1.48. The number of amides is 2. The number of carbonyl (C=O) groups excluding carboxylic acids is 3. The van der Waals surface area contributed by atoms with Crippen molar-refractivity contribution in [1.29, 1.82) is 0 Å². The molecule has 0 radical (unpaired) electrons. The van der Waals surface area contributed by atoms with Gasteiger partial charge in [-0.15, -0.1) is 0 Å². The lowest BCUT2D eigenvalue weighted by atomic mass is 10.1. The molecule has 5 heteroatoms. The standard InChI is InChI=1S/C14H16N2O3/c1-9(17)10-2-4-11(5-3-10)15-13(18)8-14(19)16-12-6-7-12/h2-5,12H,6-8H2,1H3,(H,15,18)(H,16,19). The van der Waals surface area contributed by atoms with Crippen molar-refractivity contribution in [1.82, 2.24) is 5.32 Å². The van der Waals surface area contributed by atoms with Gasteiger partial charge in [-0.3, -0.25) is 14.4 Å². The summed E-state index contributed by atoms with van der Waals surface area (Å²) in [6, 6.07) is 6.83. The highest BCUT2D eigenvalue weighted by Crippen LogP contribution is 2.18. The van der Waals surface area contributed by atoms with Crippen LogP contribution in [0, 0.1) is 0 Å². The highest BCUT2D eigenvalue weighted by Gasteiger charge is 2.24. The fraction of sp³-hybridized carbons (Fsp3) is 0.357. The zero-order chi connectivity index (χ0) is 13.8. The first kappa shape index (κ1) is 13.3. The van der Waals surface area contributed by atoms with Crippen molar-refractivity contribution in [2.24, 2.45) is 0 Å². The second kappa shape index (κ2) is 5.65. The number of hydrogen-bond acceptors (Lipinski definition) is 3. The molecule has 0 aromatic heterocycles. The average Bonchev–Trinajstić information content (AvgIpc) is 3.13. The maximum absolute atomic E-state index is 11.6. The Kier molecular flexibility index (Phi) is 3.94. The lowest BCUT2D eigenvalue weighted by molar-refractivity contribution is -0.126. The van der Waals surface area contributed by atoms with Crippen LogP contribution in [0.5, 0.6) is 0 Å². The van der Waals surface area contributed by atoms with Crippen LogP contribution in [-0.4, -0.2) is 23.6 Å². The third-order valence-electron chi connectivity index (χ3n) is 2.84. The van der Waals surface area contributed by atoms with Crippen LogP contribution in [0.25, 0.3) is 0 Å². The highest BCUT2D eigenvalue weighted by atomic mass is 16.2. The molecule has 5 nitrogen and oxygen atoms in total. The monoisotopic (exact) mass is 260 g/mol. The van der Waals surface area contributed by atoms with E-state index in [1.807, 2.05) is 0 Å². The minimum absolute atomic E-state index is 0.0262. The molecule has 1 aromatic carbocycles. The van der Waals surface area contributed by atoms with Crippen LogP contribution in [0.4, 0.5) is 5.69 Å². The third kappa shape index (κ3) is 4.21. The van der Waals surface area contributed by atoms with Gasteiger partial charge in [-0.25, -0.2) is 0 Å². The lowest BCUT2D eigenvalue weighted by Crippen LogP contribution is -2.29. The lowest BCUT2D eigenvalue weighted by Gasteiger charge is -2.06. The molecule has 1 aliphatic rings. The molecule has 2 amide bonds. The van der Waals surface area contributed by atoms with Crippen LogP contribution < -0.4 is 10.6 Å². The molecule has 0 saturated heterocycles. The molecule has 0 aliphatic heterocycles. The Morgan fingerprint density at radius 3 is 2.26 bits per heavy atom. The van der Waals surface area contributed by atoms with Gasteiger partial charge in [0.1, 0.15) is 6.42 Å². The fourth-order valence-corrected chi connectivity index (χ4v) is 1.65. The quantitative estimate of drug-likeness (QED) is 0.622. The van der Waals surface area contributed by atoms with Gasteiger partial charge in [0.2, 0.25) is 11.8 Å². The molecule has 0 heterocycles. The van der Waals surface area contributed by atoms with E-state index in [1.165, 1.54) is 6.92 Å². The summed E-state index contributed by atoms with van der Waals surface area (Å²) in [5.74, 6) is -0.629. The van der Waals surface area contributed by atoms with Gasteiger partial charge < -0.3 is 10.6 Å². The van der Waals surface area contributed by atoms with Crippen LogP contribution in [0.3, 0.4) is 0 Å². The third-order valence-corrected chi connectivity index (χ3v) is 2.84. The molecule has 1 saturated carbocycles. The summed E-state index contributed by atoms with van der Waals surface area (Å²) in [4.78, 5) is 34.1. The van der Waals surface area contributed by atoms with Gasteiger partial charge in [-0.2, -0.15) is 0 Å². The Hall–Kier alpha value is -2.17. The molecule has 1 fully saturated rings. The molecule has 2 N–H and O–H groups in total. The van der Waals surface area contributed by atoms with Gasteiger partial charge in [0, 0.05) is 17.3 Å². The van der Waals surface area contributed by atoms with E-state index in [1.54, 1.807) is 24.3 Å². The Morgan fingerprint density at radius 2 is 1.74 bits per heavy atom. The number of hydrogen-bond donors (Lipinski definition) is 2. The van der Waals surface area contributed by atoms with Gasteiger partial charge in [0.15, 0.2) is 5.78 Å². The Labute approximate surface area is 111 Å². The van der Waals surface area contributed by atoms with Crippen LogP contribution in [-0.2, 0) is 9.59 Å². The Bertz CT molecular complexity index is 504. The smallest absolute Gasteiger partial charge is 0.233 e. The maximum Gasteiger partial charge on any atom is 0.233 e. The number of nitrogens with one attached hydrogen (secondary N) is 2. The molecule has 0 atom stereocenters. The van der Waals surface area contributed by atoms with E-state index < -0.39 is 0 Å². The summed E-state index contributed by atoms with van der Waals surface area (Å²) in [5, 5.41) is 5.37. The molecule has 1 aromatic rings. The molecular weight excluding hydrogens is 244 g/mol. The number of carbonyl (C=O) groups is 3. The SMILES string of the molecule is CC(=O)c1ccc(NC(=O)CC(=O)NC2CC2)cc1. The van der Waals surface area contributed by atoms with Crippen LogP contribution in [0.2, 0.25) is 0 Å². The number of rotatable bonds is 5. The van der Waals surface area contributed by atoms with Crippen LogP contribution >= 0.6 is 0 Å². The summed E-state index contributed by atoms with van der Waals surface area (Å²) in [5.41, 5.74) is 1.17. The topological polar surface area (TPSA) is 75.3 Å². The second-order valence-corrected chi connectivity index (χ2v) is 4.70. The summed E-state index contributed by atoms with van der Waals surface area (Å²) in [6.07, 6.45) is 1.82. The zero-order valence-corrected chi connectivity index (χ0v) is 10.7. The molecule has 0 bridgehead atoms. The van der Waals surface area contributed by atoms with Crippen LogP contribution in [0.1, 0.15) is 36.5 Å².